The van der Waals surface area contributed by atoms with Crippen molar-refractivity contribution in [1.82, 2.24) is 9.88 Å². The Morgan fingerprint density at radius 1 is 1.19 bits per heavy atom. The van der Waals surface area contributed by atoms with Gasteiger partial charge in [-0.2, -0.15) is 0 Å². The second-order valence-corrected chi connectivity index (χ2v) is 8.31. The van der Waals surface area contributed by atoms with Gasteiger partial charge in [-0.15, -0.1) is 0 Å². The van der Waals surface area contributed by atoms with E-state index in [1.54, 1.807) is 27.3 Å². The van der Waals surface area contributed by atoms with E-state index in [9.17, 15) is 9.59 Å². The van der Waals surface area contributed by atoms with Crippen LogP contribution in [-0.2, 0) is 16.0 Å². The van der Waals surface area contributed by atoms with Crippen LogP contribution in [-0.4, -0.2) is 42.0 Å². The molecule has 2 aromatic heterocycles. The summed E-state index contributed by atoms with van der Waals surface area (Å²) in [4.78, 5) is 31.9. The first-order valence-corrected chi connectivity index (χ1v) is 10.4. The van der Waals surface area contributed by atoms with Gasteiger partial charge in [-0.25, -0.2) is 9.78 Å². The third-order valence-corrected chi connectivity index (χ3v) is 5.55. The SMILES string of the molecule is C[C@H]1C/C(=C/c2ccco2)c2nc3ccccc3c(C(=O)O[C@@H](C)C(=O)N(C)C)c2C1. The molecule has 1 amide bonds. The molecular formula is C25H26N2O4. The standard InChI is InChI=1S/C25H26N2O4/c1-15-12-17(14-18-8-7-11-30-18)23-20(13-15)22(19-9-5-6-10-21(19)26-23)25(29)31-16(2)24(28)27(3)4/h5-11,14-16H,12-13H2,1-4H3/b17-14-/t15-,16-/m0/s1. The molecule has 1 aliphatic rings. The molecule has 2 heterocycles. The van der Waals surface area contributed by atoms with Crippen molar-refractivity contribution in [3.05, 3.63) is 65.2 Å². The van der Waals surface area contributed by atoms with Crippen molar-refractivity contribution in [2.75, 3.05) is 14.1 Å². The van der Waals surface area contributed by atoms with Crippen molar-refractivity contribution in [1.29, 1.82) is 0 Å². The molecule has 0 unspecified atom stereocenters. The van der Waals surface area contributed by atoms with Crippen LogP contribution in [0.4, 0.5) is 0 Å². The Labute approximate surface area is 181 Å². The molecule has 1 aliphatic carbocycles. The summed E-state index contributed by atoms with van der Waals surface area (Å²) in [6.07, 6.45) is 4.30. The van der Waals surface area contributed by atoms with Crippen LogP contribution in [0.3, 0.4) is 0 Å². The molecule has 0 spiro atoms. The van der Waals surface area contributed by atoms with Gasteiger partial charge in [0.2, 0.25) is 0 Å². The zero-order valence-corrected chi connectivity index (χ0v) is 18.2. The zero-order valence-electron chi connectivity index (χ0n) is 18.2. The number of fused-ring (bicyclic) bond motifs is 2. The summed E-state index contributed by atoms with van der Waals surface area (Å²) in [6.45, 7) is 3.75. The molecular weight excluding hydrogens is 392 g/mol. The Morgan fingerprint density at radius 2 is 1.97 bits per heavy atom. The average molecular weight is 418 g/mol. The Kier molecular flexibility index (Phi) is 5.63. The minimum Gasteiger partial charge on any atom is -0.465 e. The Morgan fingerprint density at radius 3 is 2.68 bits per heavy atom. The molecule has 3 aromatic rings. The van der Waals surface area contributed by atoms with Crippen LogP contribution in [0.5, 0.6) is 0 Å². The maximum atomic E-state index is 13.3. The van der Waals surface area contributed by atoms with Crippen molar-refractivity contribution in [3.8, 4) is 0 Å². The van der Waals surface area contributed by atoms with Crippen molar-refractivity contribution >= 4 is 34.4 Å². The van der Waals surface area contributed by atoms with Gasteiger partial charge in [0, 0.05) is 19.5 Å². The zero-order chi connectivity index (χ0) is 22.1. The smallest absolute Gasteiger partial charge is 0.339 e. The maximum absolute atomic E-state index is 13.3. The number of aromatic nitrogens is 1. The first-order valence-electron chi connectivity index (χ1n) is 10.4. The van der Waals surface area contributed by atoms with Gasteiger partial charge in [-0.1, -0.05) is 25.1 Å². The highest BCUT2D eigenvalue weighted by atomic mass is 16.5. The van der Waals surface area contributed by atoms with E-state index in [0.717, 1.165) is 39.9 Å². The number of esters is 1. The van der Waals surface area contributed by atoms with E-state index in [0.29, 0.717) is 17.9 Å². The fourth-order valence-electron chi connectivity index (χ4n) is 4.15. The molecule has 0 aliphatic heterocycles. The Balaban J connectivity index is 1.86. The van der Waals surface area contributed by atoms with Crippen molar-refractivity contribution < 1.29 is 18.7 Å². The second kappa shape index (κ2) is 8.38. The molecule has 4 rings (SSSR count). The number of pyridine rings is 1. The normalized spacial score (nSPS) is 17.9. The number of furan rings is 1. The Hall–Kier alpha value is -3.41. The number of benzene rings is 1. The summed E-state index contributed by atoms with van der Waals surface area (Å²) < 4.78 is 11.1. The largest absolute Gasteiger partial charge is 0.465 e. The van der Waals surface area contributed by atoms with E-state index in [1.807, 2.05) is 42.5 Å². The minimum atomic E-state index is -0.871. The Bertz CT molecular complexity index is 1160. The van der Waals surface area contributed by atoms with Crippen LogP contribution < -0.4 is 0 Å². The molecule has 2 atom stereocenters. The number of nitrogens with zero attached hydrogens (tertiary/aromatic N) is 2. The number of hydrogen-bond acceptors (Lipinski definition) is 5. The molecule has 0 N–H and O–H groups in total. The minimum absolute atomic E-state index is 0.257. The van der Waals surface area contributed by atoms with Gasteiger partial charge in [-0.3, -0.25) is 4.79 Å². The average Bonchev–Trinajstić information content (AvgIpc) is 3.24. The highest BCUT2D eigenvalue weighted by Gasteiger charge is 2.30. The third-order valence-electron chi connectivity index (χ3n) is 5.55. The lowest BCUT2D eigenvalue weighted by Gasteiger charge is -2.27. The highest BCUT2D eigenvalue weighted by Crippen LogP contribution is 2.38. The fraction of sp³-hybridized carbons (Fsp3) is 0.320. The van der Waals surface area contributed by atoms with Crippen molar-refractivity contribution in [3.63, 3.8) is 0 Å². The fourth-order valence-corrected chi connectivity index (χ4v) is 4.15. The summed E-state index contributed by atoms with van der Waals surface area (Å²) in [5, 5.41) is 0.738. The first kappa shape index (κ1) is 20.8. The van der Waals surface area contributed by atoms with E-state index in [-0.39, 0.29) is 5.91 Å². The highest BCUT2D eigenvalue weighted by molar-refractivity contribution is 6.07. The van der Waals surface area contributed by atoms with Crippen LogP contribution in [0, 0.1) is 5.92 Å². The molecule has 31 heavy (non-hydrogen) atoms. The van der Waals surface area contributed by atoms with Gasteiger partial charge in [0.15, 0.2) is 6.10 Å². The number of ether oxygens (including phenoxy) is 1. The lowest BCUT2D eigenvalue weighted by atomic mass is 9.81. The van der Waals surface area contributed by atoms with Crippen LogP contribution in [0.1, 0.15) is 47.6 Å². The molecule has 160 valence electrons. The second-order valence-electron chi connectivity index (χ2n) is 8.31. The van der Waals surface area contributed by atoms with E-state index in [4.69, 9.17) is 14.1 Å². The maximum Gasteiger partial charge on any atom is 0.339 e. The lowest BCUT2D eigenvalue weighted by Crippen LogP contribution is -2.35. The van der Waals surface area contributed by atoms with Gasteiger partial charge in [0.25, 0.3) is 5.91 Å². The summed E-state index contributed by atoms with van der Waals surface area (Å²) in [7, 11) is 3.29. The predicted molar refractivity (Wildman–Crippen MR) is 119 cm³/mol. The van der Waals surface area contributed by atoms with Gasteiger partial charge in [0.1, 0.15) is 5.76 Å². The summed E-state index contributed by atoms with van der Waals surface area (Å²) in [5.74, 6) is 0.319. The van der Waals surface area contributed by atoms with E-state index in [2.05, 4.69) is 6.92 Å². The van der Waals surface area contributed by atoms with Crippen LogP contribution >= 0.6 is 0 Å². The first-order chi connectivity index (χ1) is 14.8. The summed E-state index contributed by atoms with van der Waals surface area (Å²) in [6, 6.07) is 11.3. The number of likely N-dealkylation sites (N-methyl/N-ethyl adjacent to an activating group) is 1. The number of para-hydroxylation sites is 1. The molecule has 0 radical (unpaired) electrons. The quantitative estimate of drug-likeness (QED) is 0.580. The van der Waals surface area contributed by atoms with Crippen molar-refractivity contribution in [2.45, 2.75) is 32.8 Å². The topological polar surface area (TPSA) is 72.6 Å². The van der Waals surface area contributed by atoms with E-state index < -0.39 is 12.1 Å². The van der Waals surface area contributed by atoms with E-state index >= 15 is 0 Å². The van der Waals surface area contributed by atoms with Gasteiger partial charge >= 0.3 is 5.97 Å². The van der Waals surface area contributed by atoms with Gasteiger partial charge in [0.05, 0.1) is 23.0 Å². The predicted octanol–water partition coefficient (Wildman–Crippen LogP) is 4.58. The molecule has 0 bridgehead atoms. The van der Waals surface area contributed by atoms with Crippen LogP contribution in [0.2, 0.25) is 0 Å². The molecule has 0 saturated heterocycles. The number of allylic oxidation sites excluding steroid dienone is 1. The number of carbonyl (C=O) groups is 2. The van der Waals surface area contributed by atoms with Crippen LogP contribution in [0.15, 0.2) is 47.1 Å². The monoisotopic (exact) mass is 418 g/mol. The van der Waals surface area contributed by atoms with E-state index in [1.165, 1.54) is 4.90 Å². The van der Waals surface area contributed by atoms with Crippen molar-refractivity contribution in [2.24, 2.45) is 5.92 Å². The third kappa shape index (κ3) is 4.10. The number of rotatable bonds is 4. The number of carbonyl (C=O) groups excluding carboxylic acids is 2. The van der Waals surface area contributed by atoms with Crippen LogP contribution in [0.25, 0.3) is 22.6 Å². The lowest BCUT2D eigenvalue weighted by molar-refractivity contribution is -0.137. The van der Waals surface area contributed by atoms with Gasteiger partial charge < -0.3 is 14.1 Å². The van der Waals surface area contributed by atoms with Gasteiger partial charge in [-0.05, 0) is 61.1 Å². The number of amides is 1. The molecule has 6 heteroatoms. The molecule has 6 nitrogen and oxygen atoms in total. The summed E-state index contributed by atoms with van der Waals surface area (Å²) >= 11 is 0. The molecule has 0 fully saturated rings. The number of hydrogen-bond donors (Lipinski definition) is 0. The molecule has 0 saturated carbocycles. The summed E-state index contributed by atoms with van der Waals surface area (Å²) in [5.41, 5.74) is 3.91. The molecule has 1 aromatic carbocycles.